The Balaban J connectivity index is 0.00000450. The number of carbonyl (C=O) groups excluding carboxylic acids is 1. The number of carbonyl (C=O) groups is 1. The zero-order chi connectivity index (χ0) is 21.4. The first-order valence-electron chi connectivity index (χ1n) is 10.0. The van der Waals surface area contributed by atoms with E-state index in [0.29, 0.717) is 30.6 Å². The number of aromatic nitrogens is 1. The van der Waals surface area contributed by atoms with Gasteiger partial charge in [0.15, 0.2) is 5.96 Å². The fourth-order valence-corrected chi connectivity index (χ4v) is 3.32. The Morgan fingerprint density at radius 3 is 2.80 bits per heavy atom. The van der Waals surface area contributed by atoms with Crippen LogP contribution in [-0.4, -0.2) is 73.4 Å². The lowest BCUT2D eigenvalue weighted by Crippen LogP contribution is -2.47. The van der Waals surface area contributed by atoms with Crippen LogP contribution in [0.1, 0.15) is 34.1 Å². The Morgan fingerprint density at radius 1 is 1.47 bits per heavy atom. The molecular weight excluding hydrogens is 519 g/mol. The molecule has 0 bridgehead atoms. The highest BCUT2D eigenvalue weighted by atomic mass is 127. The molecule has 10 heteroatoms. The highest BCUT2D eigenvalue weighted by molar-refractivity contribution is 14.0. The van der Waals surface area contributed by atoms with Crippen molar-refractivity contribution in [1.82, 2.24) is 20.5 Å². The lowest BCUT2D eigenvalue weighted by atomic mass is 10.2. The summed E-state index contributed by atoms with van der Waals surface area (Å²) in [4.78, 5) is 24.7. The topological polar surface area (TPSA) is 82.1 Å². The molecule has 1 atom stereocenters. The summed E-state index contributed by atoms with van der Waals surface area (Å²) in [7, 11) is 1.74. The minimum absolute atomic E-state index is 0. The number of anilines is 1. The third-order valence-electron chi connectivity index (χ3n) is 4.50. The van der Waals surface area contributed by atoms with Gasteiger partial charge in [0.1, 0.15) is 11.4 Å². The number of guanidine groups is 1. The van der Waals surface area contributed by atoms with E-state index in [-0.39, 0.29) is 36.1 Å². The highest BCUT2D eigenvalue weighted by Crippen LogP contribution is 2.25. The van der Waals surface area contributed by atoms with Crippen molar-refractivity contribution in [2.75, 3.05) is 44.7 Å². The van der Waals surface area contributed by atoms with Gasteiger partial charge in [-0.3, -0.25) is 4.99 Å². The lowest BCUT2D eigenvalue weighted by molar-refractivity contribution is 0.0264. The van der Waals surface area contributed by atoms with Gasteiger partial charge in [0, 0.05) is 52.0 Å². The van der Waals surface area contributed by atoms with E-state index in [1.165, 1.54) is 0 Å². The van der Waals surface area contributed by atoms with Crippen molar-refractivity contribution in [3.05, 3.63) is 23.4 Å². The van der Waals surface area contributed by atoms with Crippen LogP contribution in [0.3, 0.4) is 0 Å². The number of aliphatic imine (C=N–C) groups is 1. The first-order valence-corrected chi connectivity index (χ1v) is 10.4. The van der Waals surface area contributed by atoms with Crippen LogP contribution in [0.4, 0.5) is 10.6 Å². The van der Waals surface area contributed by atoms with Crippen LogP contribution in [-0.2, 0) is 4.74 Å². The van der Waals surface area contributed by atoms with Crippen molar-refractivity contribution in [3.63, 3.8) is 0 Å². The number of hydrogen-bond donors (Lipinski definition) is 2. The maximum absolute atomic E-state index is 12.2. The monoisotopic (exact) mass is 552 g/mol. The van der Waals surface area contributed by atoms with E-state index in [9.17, 15) is 4.79 Å². The predicted octanol–water partition coefficient (Wildman–Crippen LogP) is 3.35. The number of rotatable bonds is 6. The molecule has 1 aromatic rings. The van der Waals surface area contributed by atoms with Gasteiger partial charge in [0.05, 0.1) is 5.02 Å². The first kappa shape index (κ1) is 26.5. The van der Waals surface area contributed by atoms with Crippen molar-refractivity contribution < 1.29 is 9.53 Å². The van der Waals surface area contributed by atoms with Gasteiger partial charge < -0.3 is 25.2 Å². The molecule has 1 unspecified atom stereocenters. The molecule has 1 aliphatic rings. The molecule has 0 saturated carbocycles. The van der Waals surface area contributed by atoms with Crippen LogP contribution in [0.2, 0.25) is 5.02 Å². The standard InChI is InChI=1S/C20H33ClN6O2.HI/c1-6-26(19(28)29-20(2,3)4)13-11-24-18(22-5)25-15-9-12-27(14-15)17-16(21)8-7-10-23-17;/h7-8,10,15H,6,9,11-14H2,1-5H3,(H2,22,24,25);1H. The summed E-state index contributed by atoms with van der Waals surface area (Å²) in [6.07, 6.45) is 2.42. The number of nitrogens with one attached hydrogen (secondary N) is 2. The van der Waals surface area contributed by atoms with Crippen molar-refractivity contribution in [1.29, 1.82) is 0 Å². The fraction of sp³-hybridized carbons (Fsp3) is 0.650. The molecule has 2 N–H and O–H groups in total. The second kappa shape index (κ2) is 12.4. The van der Waals surface area contributed by atoms with Crippen molar-refractivity contribution >= 4 is 53.4 Å². The molecule has 0 aromatic carbocycles. The van der Waals surface area contributed by atoms with Gasteiger partial charge in [0.25, 0.3) is 0 Å². The highest BCUT2D eigenvalue weighted by Gasteiger charge is 2.25. The average Bonchev–Trinajstić information content (AvgIpc) is 3.11. The van der Waals surface area contributed by atoms with E-state index in [1.54, 1.807) is 18.1 Å². The van der Waals surface area contributed by atoms with E-state index < -0.39 is 5.60 Å². The van der Waals surface area contributed by atoms with Crippen LogP contribution in [0.5, 0.6) is 0 Å². The number of halogens is 2. The Labute approximate surface area is 201 Å². The number of hydrogen-bond acceptors (Lipinski definition) is 5. The molecule has 1 saturated heterocycles. The van der Waals surface area contributed by atoms with Gasteiger partial charge in [-0.25, -0.2) is 9.78 Å². The zero-order valence-corrected chi connectivity index (χ0v) is 21.5. The molecule has 1 fully saturated rings. The van der Waals surface area contributed by atoms with Crippen molar-refractivity contribution in [3.8, 4) is 0 Å². The summed E-state index contributed by atoms with van der Waals surface area (Å²) < 4.78 is 5.44. The van der Waals surface area contributed by atoms with E-state index in [2.05, 4.69) is 25.5 Å². The molecule has 1 aliphatic heterocycles. The summed E-state index contributed by atoms with van der Waals surface area (Å²) in [5, 5.41) is 7.37. The summed E-state index contributed by atoms with van der Waals surface area (Å²) in [6.45, 7) is 10.9. The van der Waals surface area contributed by atoms with Crippen LogP contribution in [0.15, 0.2) is 23.3 Å². The van der Waals surface area contributed by atoms with Crippen LogP contribution in [0.25, 0.3) is 0 Å². The maximum Gasteiger partial charge on any atom is 0.410 e. The van der Waals surface area contributed by atoms with Gasteiger partial charge >= 0.3 is 6.09 Å². The summed E-state index contributed by atoms with van der Waals surface area (Å²) in [5.74, 6) is 1.53. The number of amides is 1. The summed E-state index contributed by atoms with van der Waals surface area (Å²) >= 11 is 6.26. The minimum Gasteiger partial charge on any atom is -0.444 e. The van der Waals surface area contributed by atoms with Gasteiger partial charge in [-0.05, 0) is 46.2 Å². The molecule has 0 radical (unpaired) electrons. The minimum atomic E-state index is -0.500. The third kappa shape index (κ3) is 8.33. The molecule has 170 valence electrons. The largest absolute Gasteiger partial charge is 0.444 e. The molecule has 1 aromatic heterocycles. The molecule has 0 spiro atoms. The number of ether oxygens (including phenoxy) is 1. The Hall–Kier alpha value is -1.49. The van der Waals surface area contributed by atoms with Gasteiger partial charge in [0.2, 0.25) is 0 Å². The predicted molar refractivity (Wildman–Crippen MR) is 133 cm³/mol. The Bertz CT molecular complexity index is 713. The summed E-state index contributed by atoms with van der Waals surface area (Å²) in [6, 6.07) is 3.93. The smallest absolute Gasteiger partial charge is 0.410 e. The molecule has 8 nitrogen and oxygen atoms in total. The van der Waals surface area contributed by atoms with Crippen molar-refractivity contribution in [2.24, 2.45) is 4.99 Å². The number of likely N-dealkylation sites (N-methyl/N-ethyl adjacent to an activating group) is 1. The lowest BCUT2D eigenvalue weighted by Gasteiger charge is -2.27. The van der Waals surface area contributed by atoms with E-state index in [4.69, 9.17) is 16.3 Å². The van der Waals surface area contributed by atoms with Gasteiger partial charge in [-0.2, -0.15) is 0 Å². The van der Waals surface area contributed by atoms with Gasteiger partial charge in [-0.15, -0.1) is 24.0 Å². The first-order chi connectivity index (χ1) is 13.7. The quantitative estimate of drug-likeness (QED) is 0.320. The Morgan fingerprint density at radius 2 is 2.20 bits per heavy atom. The summed E-state index contributed by atoms with van der Waals surface area (Å²) in [5.41, 5.74) is -0.500. The number of pyridine rings is 1. The molecule has 30 heavy (non-hydrogen) atoms. The Kier molecular flexibility index (Phi) is 11.0. The third-order valence-corrected chi connectivity index (χ3v) is 4.79. The van der Waals surface area contributed by atoms with E-state index in [0.717, 1.165) is 25.3 Å². The van der Waals surface area contributed by atoms with Gasteiger partial charge in [-0.1, -0.05) is 11.6 Å². The second-order valence-electron chi connectivity index (χ2n) is 7.94. The van der Waals surface area contributed by atoms with Crippen LogP contribution >= 0.6 is 35.6 Å². The normalized spacial score (nSPS) is 16.7. The molecule has 2 heterocycles. The fourth-order valence-electron chi connectivity index (χ4n) is 3.08. The van der Waals surface area contributed by atoms with Crippen LogP contribution in [0, 0.1) is 0 Å². The maximum atomic E-state index is 12.2. The molecule has 2 rings (SSSR count). The zero-order valence-electron chi connectivity index (χ0n) is 18.4. The number of nitrogens with zero attached hydrogens (tertiary/aromatic N) is 4. The van der Waals surface area contributed by atoms with Crippen LogP contribution < -0.4 is 15.5 Å². The molecular formula is C20H34ClIN6O2. The van der Waals surface area contributed by atoms with E-state index >= 15 is 0 Å². The second-order valence-corrected chi connectivity index (χ2v) is 8.35. The molecule has 1 amide bonds. The average molecular weight is 553 g/mol. The SMILES string of the molecule is CCN(CCNC(=NC)NC1CCN(c2ncccc2Cl)C1)C(=O)OC(C)(C)C.I. The van der Waals surface area contributed by atoms with E-state index in [1.807, 2.05) is 39.8 Å². The van der Waals surface area contributed by atoms with Crippen molar-refractivity contribution in [2.45, 2.75) is 45.8 Å². The molecule has 0 aliphatic carbocycles.